The summed E-state index contributed by atoms with van der Waals surface area (Å²) in [5, 5.41) is 9.41. The highest BCUT2D eigenvalue weighted by Gasteiger charge is 2.11. The van der Waals surface area contributed by atoms with Crippen molar-refractivity contribution in [3.63, 3.8) is 0 Å². The summed E-state index contributed by atoms with van der Waals surface area (Å²) < 4.78 is 0. The predicted octanol–water partition coefficient (Wildman–Crippen LogP) is 0.572. The molecule has 1 saturated heterocycles. The van der Waals surface area contributed by atoms with Gasteiger partial charge in [0.15, 0.2) is 0 Å². The Bertz CT molecular complexity index is 122. The molecule has 1 unspecified atom stereocenters. The lowest BCUT2D eigenvalue weighted by Crippen LogP contribution is -2.38. The van der Waals surface area contributed by atoms with E-state index >= 15 is 0 Å². The number of aliphatic hydroxyl groups excluding tert-OH is 1. The average molecular weight is 186 g/mol. The van der Waals surface area contributed by atoms with Crippen molar-refractivity contribution in [2.24, 2.45) is 5.73 Å². The summed E-state index contributed by atoms with van der Waals surface area (Å²) in [4.78, 5) is 2.34. The second kappa shape index (κ2) is 6.35. The molecule has 0 spiro atoms. The van der Waals surface area contributed by atoms with Crippen LogP contribution in [-0.2, 0) is 0 Å². The smallest absolute Gasteiger partial charge is 0.0789 e. The summed E-state index contributed by atoms with van der Waals surface area (Å²) in [6.07, 6.45) is 6.28. The molecule has 0 bridgehead atoms. The fourth-order valence-electron chi connectivity index (χ4n) is 1.87. The maximum Gasteiger partial charge on any atom is 0.0789 e. The maximum atomic E-state index is 9.41. The van der Waals surface area contributed by atoms with Crippen LogP contribution in [0.25, 0.3) is 0 Å². The SMILES string of the molecule is NCC(O)CN1CCCCCCC1. The average Bonchev–Trinajstić information content (AvgIpc) is 2.09. The van der Waals surface area contributed by atoms with Gasteiger partial charge in [0.2, 0.25) is 0 Å². The Kier molecular flexibility index (Phi) is 5.35. The molecule has 0 aromatic heterocycles. The van der Waals surface area contributed by atoms with E-state index in [4.69, 9.17) is 5.73 Å². The maximum absolute atomic E-state index is 9.41. The van der Waals surface area contributed by atoms with Crippen LogP contribution in [0, 0.1) is 0 Å². The lowest BCUT2D eigenvalue weighted by atomic mass is 10.1. The van der Waals surface area contributed by atoms with Crippen LogP contribution in [0.5, 0.6) is 0 Å². The van der Waals surface area contributed by atoms with E-state index in [1.807, 2.05) is 0 Å². The summed E-state index contributed by atoms with van der Waals surface area (Å²) in [5.41, 5.74) is 5.38. The van der Waals surface area contributed by atoms with Crippen molar-refractivity contribution in [3.05, 3.63) is 0 Å². The first-order valence-corrected chi connectivity index (χ1v) is 5.43. The highest BCUT2D eigenvalue weighted by Crippen LogP contribution is 2.10. The van der Waals surface area contributed by atoms with Crippen LogP contribution in [0.15, 0.2) is 0 Å². The van der Waals surface area contributed by atoms with Gasteiger partial charge in [-0.15, -0.1) is 0 Å². The molecule has 1 rings (SSSR count). The van der Waals surface area contributed by atoms with E-state index in [2.05, 4.69) is 4.90 Å². The second-order valence-corrected chi connectivity index (χ2v) is 3.96. The van der Waals surface area contributed by atoms with Crippen molar-refractivity contribution >= 4 is 0 Å². The van der Waals surface area contributed by atoms with E-state index in [1.165, 1.54) is 32.1 Å². The first-order valence-electron chi connectivity index (χ1n) is 5.43. The Hall–Kier alpha value is -0.120. The van der Waals surface area contributed by atoms with Crippen molar-refractivity contribution in [3.8, 4) is 0 Å². The van der Waals surface area contributed by atoms with E-state index in [-0.39, 0.29) is 6.10 Å². The number of hydrogen-bond acceptors (Lipinski definition) is 3. The third-order valence-corrected chi connectivity index (χ3v) is 2.69. The molecule has 1 heterocycles. The van der Waals surface area contributed by atoms with Gasteiger partial charge in [-0.3, -0.25) is 0 Å². The minimum absolute atomic E-state index is 0.334. The van der Waals surface area contributed by atoms with Gasteiger partial charge in [0.25, 0.3) is 0 Å². The van der Waals surface area contributed by atoms with Gasteiger partial charge in [0, 0.05) is 13.1 Å². The molecular weight excluding hydrogens is 164 g/mol. The molecule has 0 amide bonds. The summed E-state index contributed by atoms with van der Waals surface area (Å²) in [6, 6.07) is 0. The van der Waals surface area contributed by atoms with Gasteiger partial charge in [0.05, 0.1) is 6.10 Å². The Morgan fingerprint density at radius 2 is 1.62 bits per heavy atom. The number of aliphatic hydroxyl groups is 1. The summed E-state index contributed by atoms with van der Waals surface area (Å²) in [5.74, 6) is 0. The molecule has 1 aliphatic rings. The molecule has 0 aromatic carbocycles. The fraction of sp³-hybridized carbons (Fsp3) is 1.00. The molecule has 13 heavy (non-hydrogen) atoms. The van der Waals surface area contributed by atoms with Gasteiger partial charge in [-0.2, -0.15) is 0 Å². The van der Waals surface area contributed by atoms with Gasteiger partial charge in [-0.1, -0.05) is 19.3 Å². The van der Waals surface area contributed by atoms with Crippen LogP contribution >= 0.6 is 0 Å². The van der Waals surface area contributed by atoms with Gasteiger partial charge in [-0.05, 0) is 25.9 Å². The van der Waals surface area contributed by atoms with E-state index in [9.17, 15) is 5.11 Å². The molecule has 0 aliphatic carbocycles. The predicted molar refractivity (Wildman–Crippen MR) is 54.6 cm³/mol. The number of likely N-dealkylation sites (tertiary alicyclic amines) is 1. The molecular formula is C10H22N2O. The molecule has 78 valence electrons. The summed E-state index contributed by atoms with van der Waals surface area (Å²) >= 11 is 0. The van der Waals surface area contributed by atoms with Gasteiger partial charge >= 0.3 is 0 Å². The fourth-order valence-corrected chi connectivity index (χ4v) is 1.87. The monoisotopic (exact) mass is 186 g/mol. The van der Waals surface area contributed by atoms with Crippen LogP contribution in [0.2, 0.25) is 0 Å². The topological polar surface area (TPSA) is 49.5 Å². The second-order valence-electron chi connectivity index (χ2n) is 3.96. The molecule has 1 aliphatic heterocycles. The van der Waals surface area contributed by atoms with Crippen LogP contribution in [0.3, 0.4) is 0 Å². The van der Waals surface area contributed by atoms with Crippen LogP contribution < -0.4 is 5.73 Å². The molecule has 0 aromatic rings. The minimum Gasteiger partial charge on any atom is -0.390 e. The standard InChI is InChI=1S/C10H22N2O/c11-8-10(13)9-12-6-4-2-1-3-5-7-12/h10,13H,1-9,11H2. The zero-order valence-corrected chi connectivity index (χ0v) is 8.41. The molecule has 3 nitrogen and oxygen atoms in total. The molecule has 3 N–H and O–H groups in total. The number of nitrogens with zero attached hydrogens (tertiary/aromatic N) is 1. The molecule has 0 radical (unpaired) electrons. The lowest BCUT2D eigenvalue weighted by molar-refractivity contribution is 0.113. The zero-order valence-electron chi connectivity index (χ0n) is 8.41. The van der Waals surface area contributed by atoms with Gasteiger partial charge in [-0.25, -0.2) is 0 Å². The highest BCUT2D eigenvalue weighted by molar-refractivity contribution is 4.67. The van der Waals surface area contributed by atoms with Crippen molar-refractivity contribution in [2.75, 3.05) is 26.2 Å². The van der Waals surface area contributed by atoms with Gasteiger partial charge in [0.1, 0.15) is 0 Å². The highest BCUT2D eigenvalue weighted by atomic mass is 16.3. The van der Waals surface area contributed by atoms with Crippen molar-refractivity contribution < 1.29 is 5.11 Å². The first-order chi connectivity index (χ1) is 6.33. The third-order valence-electron chi connectivity index (χ3n) is 2.69. The normalized spacial score (nSPS) is 23.5. The minimum atomic E-state index is -0.334. The summed E-state index contributed by atoms with van der Waals surface area (Å²) in [6.45, 7) is 3.42. The number of rotatable bonds is 3. The lowest BCUT2D eigenvalue weighted by Gasteiger charge is -2.26. The zero-order chi connectivity index (χ0) is 9.52. The van der Waals surface area contributed by atoms with E-state index < -0.39 is 0 Å². The van der Waals surface area contributed by atoms with Gasteiger partial charge < -0.3 is 15.7 Å². The molecule has 1 fully saturated rings. The Morgan fingerprint density at radius 3 is 2.15 bits per heavy atom. The van der Waals surface area contributed by atoms with Crippen molar-refractivity contribution in [1.82, 2.24) is 4.90 Å². The Morgan fingerprint density at radius 1 is 1.08 bits per heavy atom. The molecule has 1 atom stereocenters. The summed E-state index contributed by atoms with van der Waals surface area (Å²) in [7, 11) is 0. The first kappa shape index (κ1) is 11.0. The molecule has 0 saturated carbocycles. The number of β-amino-alcohol motifs (C(OH)–C–C–N with tert-alkyl or cyclic N) is 1. The Balaban J connectivity index is 2.21. The number of nitrogens with two attached hydrogens (primary N) is 1. The van der Waals surface area contributed by atoms with E-state index in [1.54, 1.807) is 0 Å². The van der Waals surface area contributed by atoms with Crippen molar-refractivity contribution in [2.45, 2.75) is 38.2 Å². The van der Waals surface area contributed by atoms with Crippen LogP contribution in [0.4, 0.5) is 0 Å². The largest absolute Gasteiger partial charge is 0.390 e. The van der Waals surface area contributed by atoms with Crippen LogP contribution in [0.1, 0.15) is 32.1 Å². The van der Waals surface area contributed by atoms with Crippen LogP contribution in [-0.4, -0.2) is 42.3 Å². The van der Waals surface area contributed by atoms with Crippen molar-refractivity contribution in [1.29, 1.82) is 0 Å². The third kappa shape index (κ3) is 4.60. The van der Waals surface area contributed by atoms with E-state index in [0.29, 0.717) is 6.54 Å². The van der Waals surface area contributed by atoms with E-state index in [0.717, 1.165) is 19.6 Å². The Labute approximate surface area is 80.9 Å². The quantitative estimate of drug-likeness (QED) is 0.677. The molecule has 3 heteroatoms. The number of hydrogen-bond donors (Lipinski definition) is 2.